The molecule has 0 aliphatic rings. The van der Waals surface area contributed by atoms with Crippen LogP contribution in [0.15, 0.2) is 53.6 Å². The average Bonchev–Trinajstić information content (AvgIpc) is 2.44. The first kappa shape index (κ1) is 19.3. The molecule has 0 bridgehead atoms. The van der Waals surface area contributed by atoms with E-state index in [4.69, 9.17) is 16.3 Å². The molecule has 0 amide bonds. The van der Waals surface area contributed by atoms with Crippen LogP contribution >= 0.6 is 11.6 Å². The normalized spacial score (nSPS) is 15.6. The van der Waals surface area contributed by atoms with E-state index in [0.29, 0.717) is 5.56 Å². The number of rotatable bonds is 5. The van der Waals surface area contributed by atoms with Crippen molar-refractivity contribution >= 4 is 11.6 Å². The van der Waals surface area contributed by atoms with Crippen molar-refractivity contribution in [2.75, 3.05) is 7.11 Å². The summed E-state index contributed by atoms with van der Waals surface area (Å²) in [5.41, 5.74) is -3.29. The summed E-state index contributed by atoms with van der Waals surface area (Å²) in [6, 6.07) is 4.26. The van der Waals surface area contributed by atoms with Gasteiger partial charge in [-0.1, -0.05) is 42.0 Å². The zero-order valence-electron chi connectivity index (χ0n) is 13.0. The van der Waals surface area contributed by atoms with Crippen molar-refractivity contribution in [1.82, 2.24) is 0 Å². The Morgan fingerprint density at radius 1 is 1.35 bits per heavy atom. The van der Waals surface area contributed by atoms with Gasteiger partial charge in [0.25, 0.3) is 0 Å². The summed E-state index contributed by atoms with van der Waals surface area (Å²) in [5.74, 6) is -0.0473. The Kier molecular flexibility index (Phi) is 6.08. The van der Waals surface area contributed by atoms with Gasteiger partial charge in [0.1, 0.15) is 5.75 Å². The summed E-state index contributed by atoms with van der Waals surface area (Å²) in [7, 11) is 1.25. The van der Waals surface area contributed by atoms with E-state index in [1.807, 2.05) is 0 Å². The highest BCUT2D eigenvalue weighted by Crippen LogP contribution is 2.47. The molecule has 0 aromatic heterocycles. The standard InChI is InChI=1S/C17H18ClF3O2/c1-11-8-9-15(23-4)14(10-11)16(22,17(19,20)21)12(2)6-5-7-13(3)18/h5-10,22H,3H2,1-2,4H3/b7-5-,12-6+. The first-order valence-electron chi connectivity index (χ1n) is 6.68. The van der Waals surface area contributed by atoms with Gasteiger partial charge in [0.2, 0.25) is 5.60 Å². The van der Waals surface area contributed by atoms with Crippen molar-refractivity contribution in [3.8, 4) is 5.75 Å². The molecule has 6 heteroatoms. The fourth-order valence-corrected chi connectivity index (χ4v) is 2.18. The maximum absolute atomic E-state index is 13.7. The molecule has 23 heavy (non-hydrogen) atoms. The minimum Gasteiger partial charge on any atom is -0.496 e. The number of aryl methyl sites for hydroxylation is 1. The molecule has 126 valence electrons. The summed E-state index contributed by atoms with van der Waals surface area (Å²) in [5, 5.41) is 10.7. The second-order valence-corrected chi connectivity index (χ2v) is 5.55. The molecule has 1 unspecified atom stereocenters. The van der Waals surface area contributed by atoms with Crippen molar-refractivity contribution < 1.29 is 23.0 Å². The Labute approximate surface area is 138 Å². The zero-order valence-corrected chi connectivity index (χ0v) is 13.8. The van der Waals surface area contributed by atoms with Crippen LogP contribution in [-0.4, -0.2) is 18.4 Å². The molecule has 0 aliphatic carbocycles. The van der Waals surface area contributed by atoms with Crippen molar-refractivity contribution in [2.45, 2.75) is 25.6 Å². The molecule has 0 fully saturated rings. The molecule has 1 rings (SSSR count). The smallest absolute Gasteiger partial charge is 0.425 e. The average molecular weight is 347 g/mol. The molecule has 0 saturated carbocycles. The summed E-state index contributed by atoms with van der Waals surface area (Å²) in [6.45, 7) is 6.23. The summed E-state index contributed by atoms with van der Waals surface area (Å²) in [4.78, 5) is 0. The molecule has 1 aromatic rings. The molecule has 0 radical (unpaired) electrons. The lowest BCUT2D eigenvalue weighted by molar-refractivity contribution is -0.250. The quantitative estimate of drug-likeness (QED) is 0.759. The van der Waals surface area contributed by atoms with Crippen LogP contribution in [0.2, 0.25) is 0 Å². The lowest BCUT2D eigenvalue weighted by Gasteiger charge is -2.33. The molecule has 1 atom stereocenters. The number of halogens is 4. The van der Waals surface area contributed by atoms with E-state index in [2.05, 4.69) is 6.58 Å². The Bertz CT molecular complexity index is 648. The van der Waals surface area contributed by atoms with Crippen LogP contribution < -0.4 is 4.74 Å². The molecule has 0 spiro atoms. The van der Waals surface area contributed by atoms with Crippen molar-refractivity contribution in [3.63, 3.8) is 0 Å². The first-order valence-corrected chi connectivity index (χ1v) is 7.06. The molecule has 0 heterocycles. The van der Waals surface area contributed by atoms with E-state index in [9.17, 15) is 18.3 Å². The van der Waals surface area contributed by atoms with E-state index >= 15 is 0 Å². The van der Waals surface area contributed by atoms with Gasteiger partial charge in [-0.05, 0) is 37.6 Å². The Balaban J connectivity index is 3.57. The van der Waals surface area contributed by atoms with E-state index in [-0.39, 0.29) is 21.9 Å². The number of alkyl halides is 3. The van der Waals surface area contributed by atoms with Gasteiger partial charge in [-0.2, -0.15) is 13.2 Å². The number of benzene rings is 1. The van der Waals surface area contributed by atoms with Crippen LogP contribution in [0, 0.1) is 6.92 Å². The SMILES string of the molecule is C=C(Cl)/C=C\C=C(/C)C(O)(c1cc(C)ccc1OC)C(F)(F)F. The zero-order chi connectivity index (χ0) is 17.8. The van der Waals surface area contributed by atoms with Gasteiger partial charge < -0.3 is 9.84 Å². The lowest BCUT2D eigenvalue weighted by atomic mass is 9.84. The fraction of sp³-hybridized carbons (Fsp3) is 0.294. The van der Waals surface area contributed by atoms with Crippen LogP contribution in [0.4, 0.5) is 13.2 Å². The van der Waals surface area contributed by atoms with Crippen LogP contribution in [0.3, 0.4) is 0 Å². The third-order valence-electron chi connectivity index (χ3n) is 3.35. The van der Waals surface area contributed by atoms with Gasteiger partial charge in [0, 0.05) is 10.6 Å². The minimum atomic E-state index is -4.93. The fourth-order valence-electron chi connectivity index (χ4n) is 2.11. The number of aliphatic hydroxyl groups is 1. The van der Waals surface area contributed by atoms with E-state index in [1.54, 1.807) is 13.0 Å². The molecular weight excluding hydrogens is 329 g/mol. The van der Waals surface area contributed by atoms with Crippen molar-refractivity contribution in [3.05, 3.63) is 64.7 Å². The second kappa shape index (κ2) is 7.23. The van der Waals surface area contributed by atoms with Crippen LogP contribution in [0.25, 0.3) is 0 Å². The van der Waals surface area contributed by atoms with Gasteiger partial charge >= 0.3 is 6.18 Å². The van der Waals surface area contributed by atoms with Gasteiger partial charge in [-0.3, -0.25) is 0 Å². The summed E-state index contributed by atoms with van der Waals surface area (Å²) in [6.07, 6.45) is -1.16. The highest BCUT2D eigenvalue weighted by atomic mass is 35.5. The number of ether oxygens (including phenoxy) is 1. The van der Waals surface area contributed by atoms with Crippen molar-refractivity contribution in [1.29, 1.82) is 0 Å². The highest BCUT2D eigenvalue weighted by Gasteiger charge is 2.57. The first-order chi connectivity index (χ1) is 10.5. The third-order valence-corrected chi connectivity index (χ3v) is 3.47. The predicted octanol–water partition coefficient (Wildman–Crippen LogP) is 5.01. The number of allylic oxidation sites excluding steroid dienone is 4. The predicted molar refractivity (Wildman–Crippen MR) is 85.6 cm³/mol. The number of hydrogen-bond donors (Lipinski definition) is 1. The van der Waals surface area contributed by atoms with Crippen LogP contribution in [0.5, 0.6) is 5.75 Å². The van der Waals surface area contributed by atoms with E-state index in [1.165, 1.54) is 38.3 Å². The van der Waals surface area contributed by atoms with Gasteiger partial charge in [-0.25, -0.2) is 0 Å². The second-order valence-electron chi connectivity index (χ2n) is 5.07. The monoisotopic (exact) mass is 346 g/mol. The molecule has 0 aliphatic heterocycles. The maximum atomic E-state index is 13.7. The van der Waals surface area contributed by atoms with Gasteiger partial charge in [0.15, 0.2) is 0 Å². The Morgan fingerprint density at radius 2 is 1.96 bits per heavy atom. The topological polar surface area (TPSA) is 29.5 Å². The maximum Gasteiger partial charge on any atom is 0.425 e. The molecular formula is C17H18ClF3O2. The van der Waals surface area contributed by atoms with Gasteiger partial charge in [0.05, 0.1) is 7.11 Å². The number of hydrogen-bond acceptors (Lipinski definition) is 2. The number of methoxy groups -OCH3 is 1. The Hall–Kier alpha value is -1.72. The largest absolute Gasteiger partial charge is 0.496 e. The third kappa shape index (κ3) is 4.18. The molecule has 2 nitrogen and oxygen atoms in total. The van der Waals surface area contributed by atoms with Crippen LogP contribution in [-0.2, 0) is 5.60 Å². The van der Waals surface area contributed by atoms with Crippen LogP contribution in [0.1, 0.15) is 18.1 Å². The summed E-state index contributed by atoms with van der Waals surface area (Å²) >= 11 is 5.54. The molecule has 1 N–H and O–H groups in total. The van der Waals surface area contributed by atoms with Crippen molar-refractivity contribution in [2.24, 2.45) is 0 Å². The van der Waals surface area contributed by atoms with E-state index < -0.39 is 11.8 Å². The highest BCUT2D eigenvalue weighted by molar-refractivity contribution is 6.30. The Morgan fingerprint density at radius 3 is 2.43 bits per heavy atom. The minimum absolute atomic E-state index is 0.0473. The van der Waals surface area contributed by atoms with Gasteiger partial charge in [-0.15, -0.1) is 0 Å². The molecule has 0 saturated heterocycles. The lowest BCUT2D eigenvalue weighted by Crippen LogP contribution is -2.43. The summed E-state index contributed by atoms with van der Waals surface area (Å²) < 4.78 is 46.0. The molecule has 1 aromatic carbocycles. The van der Waals surface area contributed by atoms with E-state index in [0.717, 1.165) is 6.08 Å².